The summed E-state index contributed by atoms with van der Waals surface area (Å²) in [6.45, 7) is 1.34. The van der Waals surface area contributed by atoms with Gasteiger partial charge in [-0.15, -0.1) is 10.5 Å². The molecule has 0 bridgehead atoms. The number of hydrogen-bond acceptors (Lipinski definition) is 3. The Morgan fingerprint density at radius 1 is 1.27 bits per heavy atom. The molecule has 6 heteroatoms. The van der Waals surface area contributed by atoms with E-state index in [1.807, 2.05) is 30.3 Å². The van der Waals surface area contributed by atoms with Crippen LogP contribution in [-0.2, 0) is 11.2 Å². The number of rotatable bonds is 2. The Bertz CT molecular complexity index is 830. The maximum absolute atomic E-state index is 11.5. The fraction of sp³-hybridized carbons (Fsp3) is 0.125. The van der Waals surface area contributed by atoms with Crippen LogP contribution in [0.2, 0.25) is 0 Å². The number of carbonyl (C=O) groups is 1. The molecule has 1 N–H and O–H groups in total. The lowest BCUT2D eigenvalue weighted by Crippen LogP contribution is -2.12. The van der Waals surface area contributed by atoms with E-state index in [-0.39, 0.29) is 17.3 Å². The second-order valence-corrected chi connectivity index (χ2v) is 6.71. The van der Waals surface area contributed by atoms with Crippen molar-refractivity contribution in [2.45, 2.75) is 23.1 Å². The first-order chi connectivity index (χ1) is 10.5. The summed E-state index contributed by atoms with van der Waals surface area (Å²) >= 11 is 0. The van der Waals surface area contributed by atoms with Crippen molar-refractivity contribution in [1.29, 1.82) is 0 Å². The number of benzene rings is 2. The van der Waals surface area contributed by atoms with E-state index in [1.54, 1.807) is 6.07 Å². The zero-order valence-corrected chi connectivity index (χ0v) is 12.8. The molecule has 1 atom stereocenters. The van der Waals surface area contributed by atoms with Crippen molar-refractivity contribution in [1.82, 2.24) is 0 Å². The summed E-state index contributed by atoms with van der Waals surface area (Å²) in [4.78, 5) is 24.4. The normalized spacial score (nSPS) is 15.6. The highest BCUT2D eigenvalue weighted by Crippen LogP contribution is 2.48. The minimum Gasteiger partial charge on any atom is -0.321 e. The van der Waals surface area contributed by atoms with Crippen LogP contribution in [0.15, 0.2) is 46.2 Å². The van der Waals surface area contributed by atoms with Gasteiger partial charge in [-0.2, -0.15) is 0 Å². The van der Waals surface area contributed by atoms with Gasteiger partial charge < -0.3 is 5.32 Å². The van der Waals surface area contributed by atoms with Gasteiger partial charge in [-0.1, -0.05) is 24.1 Å². The Hall–Kier alpha value is -2.47. The molecule has 112 valence electrons. The molecule has 5 nitrogen and oxygen atoms in total. The number of fused-ring (bicyclic) bond motifs is 2. The highest BCUT2D eigenvalue weighted by molar-refractivity contribution is 8.14. The molecule has 1 aliphatic heterocycles. The van der Waals surface area contributed by atoms with E-state index in [9.17, 15) is 14.9 Å². The smallest absolute Gasteiger partial charge is 0.297 e. The molecule has 0 radical (unpaired) electrons. The maximum atomic E-state index is 11.5. The van der Waals surface area contributed by atoms with Crippen LogP contribution in [0.5, 0.6) is 0 Å². The van der Waals surface area contributed by atoms with Crippen LogP contribution in [0.4, 0.5) is 11.4 Å². The SMILES string of the molecule is C=S1c2ccccc2Cc2c1ccc(NC(C)=O)c2[N+](=O)[O-]. The Balaban J connectivity index is 2.22. The minimum atomic E-state index is -0.455. The number of carbonyl (C=O) groups excluding carboxylic acids is 1. The molecule has 2 aromatic carbocycles. The highest BCUT2D eigenvalue weighted by Gasteiger charge is 2.28. The van der Waals surface area contributed by atoms with Crippen molar-refractivity contribution >= 4 is 33.6 Å². The zero-order chi connectivity index (χ0) is 15.9. The lowest BCUT2D eigenvalue weighted by Gasteiger charge is -2.23. The predicted octanol–water partition coefficient (Wildman–Crippen LogP) is 3.58. The first-order valence-electron chi connectivity index (χ1n) is 6.68. The van der Waals surface area contributed by atoms with Crippen molar-refractivity contribution in [2.24, 2.45) is 0 Å². The molecule has 0 fully saturated rings. The average Bonchev–Trinajstić information content (AvgIpc) is 2.46. The molecule has 0 saturated heterocycles. The number of nitrogens with one attached hydrogen (secondary N) is 1. The van der Waals surface area contributed by atoms with Gasteiger partial charge in [-0.3, -0.25) is 14.9 Å². The van der Waals surface area contributed by atoms with Gasteiger partial charge in [-0.05, 0) is 23.8 Å². The van der Waals surface area contributed by atoms with E-state index >= 15 is 0 Å². The molecule has 0 aliphatic carbocycles. The van der Waals surface area contributed by atoms with Crippen molar-refractivity contribution < 1.29 is 9.72 Å². The third kappa shape index (κ3) is 2.31. The Morgan fingerprint density at radius 2 is 2.00 bits per heavy atom. The first-order valence-corrected chi connectivity index (χ1v) is 8.08. The summed E-state index contributed by atoms with van der Waals surface area (Å²) in [5.74, 6) is 3.86. The van der Waals surface area contributed by atoms with Crippen LogP contribution in [0.25, 0.3) is 0 Å². The molecule has 1 amide bonds. The Labute approximate surface area is 130 Å². The van der Waals surface area contributed by atoms with Crippen LogP contribution in [0.3, 0.4) is 0 Å². The topological polar surface area (TPSA) is 72.2 Å². The second kappa shape index (κ2) is 5.38. The maximum Gasteiger partial charge on any atom is 0.297 e. The van der Waals surface area contributed by atoms with Gasteiger partial charge in [-0.25, -0.2) is 0 Å². The third-order valence-electron chi connectivity index (χ3n) is 3.60. The summed E-state index contributed by atoms with van der Waals surface area (Å²) < 4.78 is 0. The molecule has 1 unspecified atom stereocenters. The molecule has 0 saturated carbocycles. The van der Waals surface area contributed by atoms with Gasteiger partial charge in [0, 0.05) is 28.7 Å². The Morgan fingerprint density at radius 3 is 2.68 bits per heavy atom. The van der Waals surface area contributed by atoms with E-state index in [2.05, 4.69) is 11.2 Å². The first kappa shape index (κ1) is 14.5. The number of nitro benzene ring substituents is 1. The second-order valence-electron chi connectivity index (χ2n) is 5.05. The van der Waals surface area contributed by atoms with Crippen molar-refractivity contribution in [2.75, 3.05) is 5.32 Å². The molecule has 3 rings (SSSR count). The minimum absolute atomic E-state index is 0.0247. The predicted molar refractivity (Wildman–Crippen MR) is 87.9 cm³/mol. The number of hydrogen-bond donors (Lipinski definition) is 1. The fourth-order valence-electron chi connectivity index (χ4n) is 2.72. The number of nitro groups is 1. The number of nitrogens with zero attached hydrogens (tertiary/aromatic N) is 1. The molecule has 0 aromatic heterocycles. The fourth-order valence-corrected chi connectivity index (χ4v) is 4.35. The van der Waals surface area contributed by atoms with Gasteiger partial charge in [0.2, 0.25) is 5.91 Å². The third-order valence-corrected chi connectivity index (χ3v) is 5.45. The Kier molecular flexibility index (Phi) is 3.54. The molecule has 0 spiro atoms. The van der Waals surface area contributed by atoms with Gasteiger partial charge in [0.05, 0.1) is 4.92 Å². The van der Waals surface area contributed by atoms with E-state index in [1.165, 1.54) is 6.92 Å². The highest BCUT2D eigenvalue weighted by atomic mass is 32.2. The van der Waals surface area contributed by atoms with E-state index < -0.39 is 15.4 Å². The van der Waals surface area contributed by atoms with E-state index in [0.717, 1.165) is 15.4 Å². The number of anilines is 1. The summed E-state index contributed by atoms with van der Waals surface area (Å²) in [7, 11) is -0.455. The van der Waals surface area contributed by atoms with Crippen molar-refractivity contribution in [3.05, 3.63) is 57.6 Å². The average molecular weight is 314 g/mol. The standard InChI is InChI=1S/C16H14N2O3S/c1-10(19)17-13-7-8-15-12(16(13)18(20)21)9-11-5-3-4-6-14(11)22(15)2/h3-8H,2,9H2,1H3,(H,17,19). The van der Waals surface area contributed by atoms with E-state index in [0.29, 0.717) is 12.0 Å². The monoisotopic (exact) mass is 314 g/mol. The molecular formula is C16H14N2O3S. The van der Waals surface area contributed by atoms with Crippen molar-refractivity contribution in [3.8, 4) is 0 Å². The zero-order valence-electron chi connectivity index (χ0n) is 12.0. The van der Waals surface area contributed by atoms with Gasteiger partial charge in [0.1, 0.15) is 5.69 Å². The molecular weight excluding hydrogens is 300 g/mol. The lowest BCUT2D eigenvalue weighted by atomic mass is 10.0. The quantitative estimate of drug-likeness (QED) is 0.446. The van der Waals surface area contributed by atoms with E-state index in [4.69, 9.17) is 0 Å². The van der Waals surface area contributed by atoms with Gasteiger partial charge >= 0.3 is 0 Å². The van der Waals surface area contributed by atoms with Gasteiger partial charge in [0.15, 0.2) is 0 Å². The molecule has 1 aliphatic rings. The van der Waals surface area contributed by atoms with Crippen LogP contribution in [0, 0.1) is 10.1 Å². The van der Waals surface area contributed by atoms with Crippen LogP contribution in [0.1, 0.15) is 18.1 Å². The lowest BCUT2D eigenvalue weighted by molar-refractivity contribution is -0.384. The van der Waals surface area contributed by atoms with Crippen LogP contribution in [-0.4, -0.2) is 16.7 Å². The molecule has 22 heavy (non-hydrogen) atoms. The van der Waals surface area contributed by atoms with Crippen LogP contribution < -0.4 is 5.32 Å². The molecule has 1 heterocycles. The van der Waals surface area contributed by atoms with Gasteiger partial charge in [0.25, 0.3) is 5.69 Å². The summed E-state index contributed by atoms with van der Waals surface area (Å²) in [5.41, 5.74) is 1.92. The molecule has 2 aromatic rings. The summed E-state index contributed by atoms with van der Waals surface area (Å²) in [6, 6.07) is 11.3. The van der Waals surface area contributed by atoms with Crippen molar-refractivity contribution in [3.63, 3.8) is 0 Å². The summed E-state index contributed by atoms with van der Waals surface area (Å²) in [5, 5.41) is 14.1. The van der Waals surface area contributed by atoms with Crippen LogP contribution >= 0.6 is 10.5 Å². The summed E-state index contributed by atoms with van der Waals surface area (Å²) in [6.07, 6.45) is 0.480. The largest absolute Gasteiger partial charge is 0.321 e. The number of amides is 1.